The molecule has 0 amide bonds. The van der Waals surface area contributed by atoms with Gasteiger partial charge in [-0.2, -0.15) is 0 Å². The van der Waals surface area contributed by atoms with Gasteiger partial charge in [-0.15, -0.1) is 0 Å². The molecule has 5 heteroatoms. The highest BCUT2D eigenvalue weighted by atomic mass is 16.5. The predicted octanol–water partition coefficient (Wildman–Crippen LogP) is 1.97. The van der Waals surface area contributed by atoms with Crippen molar-refractivity contribution in [1.29, 1.82) is 0 Å². The van der Waals surface area contributed by atoms with Gasteiger partial charge in [0.25, 0.3) is 0 Å². The molecule has 0 saturated carbocycles. The van der Waals surface area contributed by atoms with Crippen molar-refractivity contribution in [3.8, 4) is 0 Å². The van der Waals surface area contributed by atoms with Crippen molar-refractivity contribution < 1.29 is 14.6 Å². The van der Waals surface area contributed by atoms with E-state index in [1.807, 2.05) is 13.8 Å². The molecule has 0 aliphatic heterocycles. The molecule has 0 bridgehead atoms. The number of likely N-dealkylation sites (N-methyl/N-ethyl adjacent to an activating group) is 2. The molecule has 0 fully saturated rings. The standard InChI is InChI=1S/C15H32N2O3/c1-5-16-15(4,14(18)19)10-8-9-11-17(6-2)12-13-20-7-3/h16H,5-13H2,1-4H3,(H,18,19). The Balaban J connectivity index is 3.93. The van der Waals surface area contributed by atoms with E-state index in [4.69, 9.17) is 4.74 Å². The van der Waals surface area contributed by atoms with Crippen molar-refractivity contribution in [2.75, 3.05) is 39.4 Å². The molecule has 0 aromatic carbocycles. The second-order valence-electron chi connectivity index (χ2n) is 5.26. The molecular weight excluding hydrogens is 256 g/mol. The number of aliphatic carboxylic acids is 1. The fraction of sp³-hybridized carbons (Fsp3) is 0.933. The number of hydrogen-bond donors (Lipinski definition) is 2. The average molecular weight is 288 g/mol. The fourth-order valence-electron chi connectivity index (χ4n) is 2.24. The summed E-state index contributed by atoms with van der Waals surface area (Å²) in [6.45, 7) is 13.0. The average Bonchev–Trinajstić information content (AvgIpc) is 2.41. The largest absolute Gasteiger partial charge is 0.480 e. The lowest BCUT2D eigenvalue weighted by Gasteiger charge is -2.26. The van der Waals surface area contributed by atoms with E-state index in [0.29, 0.717) is 13.0 Å². The summed E-state index contributed by atoms with van der Waals surface area (Å²) in [5, 5.41) is 12.3. The normalized spacial score (nSPS) is 14.4. The smallest absolute Gasteiger partial charge is 0.323 e. The second-order valence-corrected chi connectivity index (χ2v) is 5.26. The Bertz CT molecular complexity index is 262. The van der Waals surface area contributed by atoms with Crippen LogP contribution in [0.15, 0.2) is 0 Å². The summed E-state index contributed by atoms with van der Waals surface area (Å²) in [6.07, 6.45) is 2.61. The Labute approximate surface area is 123 Å². The molecule has 0 spiro atoms. The zero-order chi connectivity index (χ0) is 15.4. The monoisotopic (exact) mass is 288 g/mol. The van der Waals surface area contributed by atoms with Gasteiger partial charge in [0.05, 0.1) is 6.61 Å². The van der Waals surface area contributed by atoms with Crippen LogP contribution in [-0.2, 0) is 9.53 Å². The topological polar surface area (TPSA) is 61.8 Å². The molecule has 1 unspecified atom stereocenters. The van der Waals surface area contributed by atoms with Gasteiger partial charge in [-0.25, -0.2) is 0 Å². The van der Waals surface area contributed by atoms with Crippen LogP contribution < -0.4 is 5.32 Å². The zero-order valence-electron chi connectivity index (χ0n) is 13.6. The maximum absolute atomic E-state index is 11.3. The van der Waals surface area contributed by atoms with Crippen LogP contribution in [0.2, 0.25) is 0 Å². The molecule has 0 aromatic heterocycles. The van der Waals surface area contributed by atoms with E-state index in [9.17, 15) is 9.90 Å². The number of hydrogen-bond acceptors (Lipinski definition) is 4. The lowest BCUT2D eigenvalue weighted by atomic mass is 9.95. The van der Waals surface area contributed by atoms with Gasteiger partial charge in [-0.05, 0) is 52.7 Å². The molecule has 0 radical (unpaired) electrons. The molecule has 0 aromatic rings. The molecule has 0 rings (SSSR count). The van der Waals surface area contributed by atoms with Gasteiger partial charge in [0.2, 0.25) is 0 Å². The Hall–Kier alpha value is -0.650. The van der Waals surface area contributed by atoms with E-state index in [1.54, 1.807) is 6.92 Å². The van der Waals surface area contributed by atoms with Gasteiger partial charge in [-0.3, -0.25) is 4.79 Å². The van der Waals surface area contributed by atoms with E-state index in [2.05, 4.69) is 17.1 Å². The lowest BCUT2D eigenvalue weighted by Crippen LogP contribution is -2.49. The molecule has 1 atom stereocenters. The van der Waals surface area contributed by atoms with Crippen LogP contribution in [0.5, 0.6) is 0 Å². The van der Waals surface area contributed by atoms with Crippen LogP contribution in [-0.4, -0.2) is 60.9 Å². The van der Waals surface area contributed by atoms with E-state index < -0.39 is 11.5 Å². The number of carboxylic acids is 1. The molecule has 20 heavy (non-hydrogen) atoms. The van der Waals surface area contributed by atoms with Gasteiger partial charge >= 0.3 is 5.97 Å². The van der Waals surface area contributed by atoms with Crippen LogP contribution in [0.1, 0.15) is 47.0 Å². The summed E-state index contributed by atoms with van der Waals surface area (Å²) in [5.41, 5.74) is -0.795. The van der Waals surface area contributed by atoms with Gasteiger partial charge in [0, 0.05) is 13.2 Å². The maximum Gasteiger partial charge on any atom is 0.323 e. The minimum atomic E-state index is -0.795. The first kappa shape index (κ1) is 19.4. The number of carboxylic acid groups (broad SMARTS) is 1. The Morgan fingerprint density at radius 1 is 1.25 bits per heavy atom. The molecule has 5 nitrogen and oxygen atoms in total. The van der Waals surface area contributed by atoms with Crippen molar-refractivity contribution in [3.63, 3.8) is 0 Å². The van der Waals surface area contributed by atoms with Gasteiger partial charge in [0.1, 0.15) is 5.54 Å². The quantitative estimate of drug-likeness (QED) is 0.507. The summed E-state index contributed by atoms with van der Waals surface area (Å²) >= 11 is 0. The predicted molar refractivity (Wildman–Crippen MR) is 82.2 cm³/mol. The fourth-order valence-corrected chi connectivity index (χ4v) is 2.24. The van der Waals surface area contributed by atoms with Crippen LogP contribution in [0.4, 0.5) is 0 Å². The molecule has 0 aliphatic rings. The Kier molecular flexibility index (Phi) is 10.7. The number of rotatable bonds is 13. The molecule has 120 valence electrons. The van der Waals surface area contributed by atoms with Gasteiger partial charge < -0.3 is 20.1 Å². The Morgan fingerprint density at radius 3 is 2.45 bits per heavy atom. The van der Waals surface area contributed by atoms with E-state index in [0.717, 1.165) is 45.7 Å². The SMILES string of the molecule is CCNC(C)(CCCCN(CC)CCOCC)C(=O)O. The molecule has 0 aliphatic carbocycles. The van der Waals surface area contributed by atoms with Crippen LogP contribution >= 0.6 is 0 Å². The van der Waals surface area contributed by atoms with Gasteiger partial charge in [-0.1, -0.05) is 13.8 Å². The first-order valence-corrected chi connectivity index (χ1v) is 7.78. The summed E-state index contributed by atoms with van der Waals surface area (Å²) in [7, 11) is 0. The maximum atomic E-state index is 11.3. The third-order valence-electron chi connectivity index (χ3n) is 3.64. The van der Waals surface area contributed by atoms with Crippen molar-refractivity contribution in [2.45, 2.75) is 52.5 Å². The van der Waals surface area contributed by atoms with E-state index >= 15 is 0 Å². The van der Waals surface area contributed by atoms with Crippen LogP contribution in [0.25, 0.3) is 0 Å². The first-order valence-electron chi connectivity index (χ1n) is 7.78. The summed E-state index contributed by atoms with van der Waals surface area (Å²) in [5.74, 6) is -0.761. The minimum absolute atomic E-state index is 0.666. The number of unbranched alkanes of at least 4 members (excludes halogenated alkanes) is 1. The molecule has 2 N–H and O–H groups in total. The lowest BCUT2D eigenvalue weighted by molar-refractivity contribution is -0.144. The van der Waals surface area contributed by atoms with E-state index in [1.165, 1.54) is 0 Å². The summed E-state index contributed by atoms with van der Waals surface area (Å²) in [4.78, 5) is 13.6. The number of nitrogens with one attached hydrogen (secondary N) is 1. The van der Waals surface area contributed by atoms with Crippen LogP contribution in [0, 0.1) is 0 Å². The van der Waals surface area contributed by atoms with Gasteiger partial charge in [0.15, 0.2) is 0 Å². The minimum Gasteiger partial charge on any atom is -0.480 e. The Morgan fingerprint density at radius 2 is 1.95 bits per heavy atom. The highest BCUT2D eigenvalue weighted by molar-refractivity contribution is 5.78. The first-order chi connectivity index (χ1) is 9.50. The van der Waals surface area contributed by atoms with Crippen molar-refractivity contribution >= 4 is 5.97 Å². The second kappa shape index (κ2) is 11.1. The third-order valence-corrected chi connectivity index (χ3v) is 3.64. The zero-order valence-corrected chi connectivity index (χ0v) is 13.6. The number of ether oxygens (including phenoxy) is 1. The van der Waals surface area contributed by atoms with E-state index in [-0.39, 0.29) is 0 Å². The summed E-state index contributed by atoms with van der Waals surface area (Å²) in [6, 6.07) is 0. The van der Waals surface area contributed by atoms with Crippen molar-refractivity contribution in [3.05, 3.63) is 0 Å². The number of carbonyl (C=O) groups is 1. The highest BCUT2D eigenvalue weighted by Gasteiger charge is 2.30. The van der Waals surface area contributed by atoms with Crippen molar-refractivity contribution in [2.24, 2.45) is 0 Å². The molecule has 0 saturated heterocycles. The van der Waals surface area contributed by atoms with Crippen LogP contribution in [0.3, 0.4) is 0 Å². The highest BCUT2D eigenvalue weighted by Crippen LogP contribution is 2.14. The number of nitrogens with zero attached hydrogens (tertiary/aromatic N) is 1. The van der Waals surface area contributed by atoms with Crippen molar-refractivity contribution in [1.82, 2.24) is 10.2 Å². The third kappa shape index (κ3) is 7.82. The summed E-state index contributed by atoms with van der Waals surface area (Å²) < 4.78 is 5.36. The molecule has 0 heterocycles. The molecular formula is C15H32N2O3.